The Hall–Kier alpha value is -3.03. The molecule has 3 aromatic carbocycles. The van der Waals surface area contributed by atoms with Crippen molar-refractivity contribution in [3.05, 3.63) is 98.7 Å². The maximum Gasteiger partial charge on any atom is 0.335 e. The molecule has 6 nitrogen and oxygen atoms in total. The van der Waals surface area contributed by atoms with E-state index in [1.54, 1.807) is 61.0 Å². The third-order valence-electron chi connectivity index (χ3n) is 5.33. The van der Waals surface area contributed by atoms with Crippen molar-refractivity contribution in [3.63, 3.8) is 0 Å². The van der Waals surface area contributed by atoms with Gasteiger partial charge in [-0.25, -0.2) is 9.48 Å². The average Bonchev–Trinajstić information content (AvgIpc) is 3.22. The zero-order valence-electron chi connectivity index (χ0n) is 18.8. The number of carboxylic acid groups (broad SMARTS) is 1. The van der Waals surface area contributed by atoms with Gasteiger partial charge in [-0.05, 0) is 61.9 Å². The van der Waals surface area contributed by atoms with Gasteiger partial charge in [0, 0.05) is 10.6 Å². The van der Waals surface area contributed by atoms with Crippen molar-refractivity contribution in [1.29, 1.82) is 0 Å². The molecule has 0 aliphatic carbocycles. The number of aliphatic hydroxyl groups is 1. The second-order valence-electron chi connectivity index (χ2n) is 8.37. The smallest absolute Gasteiger partial charge is 0.335 e. The number of aromatic carboxylic acids is 1. The Bertz CT molecular complexity index is 1370. The van der Waals surface area contributed by atoms with Gasteiger partial charge in [-0.1, -0.05) is 59.1 Å². The quantitative estimate of drug-likeness (QED) is 0.268. The first kappa shape index (κ1) is 25.1. The van der Waals surface area contributed by atoms with Gasteiger partial charge in [0.2, 0.25) is 0 Å². The van der Waals surface area contributed by atoms with Gasteiger partial charge in [-0.15, -0.1) is 0 Å². The van der Waals surface area contributed by atoms with Crippen molar-refractivity contribution >= 4 is 40.8 Å². The molecule has 0 aliphatic rings. The molecule has 0 atom stereocenters. The largest absolute Gasteiger partial charge is 0.487 e. The van der Waals surface area contributed by atoms with Crippen LogP contribution in [-0.2, 0) is 12.2 Å². The minimum absolute atomic E-state index is 0.124. The fourth-order valence-electron chi connectivity index (χ4n) is 3.48. The SMILES string of the molecule is CC(C)(O)c1cc(COc2ccc(-c3ccc(C(=O)O)cc3Cl)cc2)n(-c2c(Cl)cccc2Cl)n1. The van der Waals surface area contributed by atoms with E-state index in [0.717, 1.165) is 5.56 Å². The lowest BCUT2D eigenvalue weighted by Crippen LogP contribution is -2.16. The lowest BCUT2D eigenvalue weighted by Gasteiger charge is -2.14. The molecular weight excluding hydrogens is 511 g/mol. The zero-order chi connectivity index (χ0) is 25.3. The molecule has 1 heterocycles. The molecule has 35 heavy (non-hydrogen) atoms. The van der Waals surface area contributed by atoms with Crippen LogP contribution in [0.3, 0.4) is 0 Å². The van der Waals surface area contributed by atoms with Crippen LogP contribution in [0.5, 0.6) is 5.75 Å². The first-order valence-corrected chi connectivity index (χ1v) is 11.7. The first-order valence-electron chi connectivity index (χ1n) is 10.6. The van der Waals surface area contributed by atoms with E-state index in [9.17, 15) is 9.90 Å². The summed E-state index contributed by atoms with van der Waals surface area (Å²) in [7, 11) is 0. The summed E-state index contributed by atoms with van der Waals surface area (Å²) in [6.07, 6.45) is 0. The number of carboxylic acids is 1. The highest BCUT2D eigenvalue weighted by Gasteiger charge is 2.24. The molecule has 180 valence electrons. The van der Waals surface area contributed by atoms with Gasteiger partial charge >= 0.3 is 5.97 Å². The van der Waals surface area contributed by atoms with Gasteiger partial charge in [-0.3, -0.25) is 0 Å². The lowest BCUT2D eigenvalue weighted by atomic mass is 10.0. The first-order chi connectivity index (χ1) is 16.5. The fourth-order valence-corrected chi connectivity index (χ4v) is 4.32. The molecule has 0 saturated heterocycles. The molecule has 0 radical (unpaired) electrons. The van der Waals surface area contributed by atoms with Crippen LogP contribution in [0.15, 0.2) is 66.7 Å². The van der Waals surface area contributed by atoms with Crippen molar-refractivity contribution in [2.24, 2.45) is 0 Å². The Kier molecular flexibility index (Phi) is 7.10. The van der Waals surface area contributed by atoms with Crippen molar-refractivity contribution in [3.8, 4) is 22.6 Å². The van der Waals surface area contributed by atoms with Crippen LogP contribution in [-0.4, -0.2) is 26.0 Å². The van der Waals surface area contributed by atoms with E-state index in [1.807, 2.05) is 12.1 Å². The predicted octanol–water partition coefficient (Wildman–Crippen LogP) is 7.00. The summed E-state index contributed by atoms with van der Waals surface area (Å²) in [6.45, 7) is 3.43. The number of halogens is 3. The minimum atomic E-state index is -1.18. The van der Waals surface area contributed by atoms with E-state index in [4.69, 9.17) is 44.6 Å². The summed E-state index contributed by atoms with van der Waals surface area (Å²) < 4.78 is 7.57. The number of nitrogens with zero attached hydrogens (tertiary/aromatic N) is 2. The average molecular weight is 532 g/mol. The summed E-state index contributed by atoms with van der Waals surface area (Å²) in [6, 6.07) is 18.8. The summed E-state index contributed by atoms with van der Waals surface area (Å²) in [4.78, 5) is 11.1. The van der Waals surface area contributed by atoms with E-state index in [2.05, 4.69) is 5.10 Å². The third kappa shape index (κ3) is 5.46. The number of benzene rings is 3. The van der Waals surface area contributed by atoms with Gasteiger partial charge in [0.1, 0.15) is 23.6 Å². The molecule has 9 heteroatoms. The molecule has 0 saturated carbocycles. The maximum absolute atomic E-state index is 11.1. The minimum Gasteiger partial charge on any atom is -0.487 e. The molecular formula is C26H21Cl3N2O4. The van der Waals surface area contributed by atoms with Gasteiger partial charge in [-0.2, -0.15) is 5.10 Å². The molecule has 0 bridgehead atoms. The van der Waals surface area contributed by atoms with Crippen molar-refractivity contribution < 1.29 is 19.7 Å². The number of aromatic nitrogens is 2. The molecule has 0 aliphatic heterocycles. The van der Waals surface area contributed by atoms with Crippen LogP contribution in [0.2, 0.25) is 15.1 Å². The van der Waals surface area contributed by atoms with E-state index >= 15 is 0 Å². The Balaban J connectivity index is 1.59. The Morgan fingerprint density at radius 1 is 0.971 bits per heavy atom. The van der Waals surface area contributed by atoms with Crippen LogP contribution in [0.1, 0.15) is 35.6 Å². The normalized spacial score (nSPS) is 11.5. The summed E-state index contributed by atoms with van der Waals surface area (Å²) in [5.41, 5.74) is 2.07. The van der Waals surface area contributed by atoms with Crippen LogP contribution in [0, 0.1) is 0 Å². The number of hydrogen-bond acceptors (Lipinski definition) is 4. The van der Waals surface area contributed by atoms with Crippen LogP contribution < -0.4 is 4.74 Å². The van der Waals surface area contributed by atoms with Crippen molar-refractivity contribution in [2.45, 2.75) is 26.1 Å². The molecule has 0 spiro atoms. The standard InChI is InChI=1S/C26H21Cl3N2O4/c1-26(2,34)23-13-17(31(30-23)24-20(27)4-3-5-21(24)28)14-35-18-9-6-15(7-10-18)19-11-8-16(25(32)33)12-22(19)29/h3-13,34H,14H2,1-2H3,(H,32,33). The highest BCUT2D eigenvalue weighted by molar-refractivity contribution is 6.37. The molecule has 0 fully saturated rings. The maximum atomic E-state index is 11.1. The predicted molar refractivity (Wildman–Crippen MR) is 137 cm³/mol. The second-order valence-corrected chi connectivity index (χ2v) is 9.60. The van der Waals surface area contributed by atoms with Gasteiger partial charge in [0.15, 0.2) is 0 Å². The zero-order valence-corrected chi connectivity index (χ0v) is 21.1. The number of carbonyl (C=O) groups is 1. The summed E-state index contributed by atoms with van der Waals surface area (Å²) >= 11 is 19.1. The molecule has 4 rings (SSSR count). The van der Waals surface area contributed by atoms with Crippen molar-refractivity contribution in [2.75, 3.05) is 0 Å². The van der Waals surface area contributed by atoms with Crippen molar-refractivity contribution in [1.82, 2.24) is 9.78 Å². The highest BCUT2D eigenvalue weighted by atomic mass is 35.5. The molecule has 1 aromatic heterocycles. The summed E-state index contributed by atoms with van der Waals surface area (Å²) in [5, 5.41) is 25.3. The van der Waals surface area contributed by atoms with E-state index in [1.165, 1.54) is 12.1 Å². The number of hydrogen-bond donors (Lipinski definition) is 2. The van der Waals surface area contributed by atoms with Crippen LogP contribution in [0.25, 0.3) is 16.8 Å². The second kappa shape index (κ2) is 9.91. The third-order valence-corrected chi connectivity index (χ3v) is 6.25. The van der Waals surface area contributed by atoms with E-state index < -0.39 is 11.6 Å². The Morgan fingerprint density at radius 3 is 2.20 bits per heavy atom. The molecule has 0 amide bonds. The number of rotatable bonds is 7. The topological polar surface area (TPSA) is 84.6 Å². The van der Waals surface area contributed by atoms with E-state index in [-0.39, 0.29) is 12.2 Å². The summed E-state index contributed by atoms with van der Waals surface area (Å²) in [5.74, 6) is -0.442. The fraction of sp³-hybridized carbons (Fsp3) is 0.154. The van der Waals surface area contributed by atoms with Gasteiger partial charge in [0.25, 0.3) is 0 Å². The van der Waals surface area contributed by atoms with Crippen LogP contribution >= 0.6 is 34.8 Å². The lowest BCUT2D eigenvalue weighted by molar-refractivity contribution is 0.0695. The monoisotopic (exact) mass is 530 g/mol. The van der Waals surface area contributed by atoms with E-state index in [0.29, 0.717) is 43.5 Å². The molecule has 0 unspecified atom stereocenters. The highest BCUT2D eigenvalue weighted by Crippen LogP contribution is 2.33. The number of ether oxygens (including phenoxy) is 1. The van der Waals surface area contributed by atoms with Gasteiger partial charge < -0.3 is 14.9 Å². The van der Waals surface area contributed by atoms with Gasteiger partial charge in [0.05, 0.1) is 27.0 Å². The Morgan fingerprint density at radius 2 is 1.63 bits per heavy atom. The molecule has 4 aromatic rings. The Labute approximate surface area is 217 Å². The molecule has 2 N–H and O–H groups in total. The van der Waals surface area contributed by atoms with Crippen LogP contribution in [0.4, 0.5) is 0 Å². The number of para-hydroxylation sites is 1.